The standard InChI is InChI=1S/C20H32N2O3/c1-2-3-4-5-6-7-8-9-11-17-13-15-21-18(16-17)20(25)22-14-10-12-19(23)24/h13,15-16H,2-12,14H2,1H3,(H,22,25)(H,23,24). The van der Waals surface area contributed by atoms with Gasteiger partial charge in [-0.3, -0.25) is 14.6 Å². The molecule has 5 nitrogen and oxygen atoms in total. The summed E-state index contributed by atoms with van der Waals surface area (Å²) in [5, 5.41) is 11.3. The van der Waals surface area contributed by atoms with Crippen LogP contribution in [-0.4, -0.2) is 28.5 Å². The predicted molar refractivity (Wildman–Crippen MR) is 99.8 cm³/mol. The van der Waals surface area contributed by atoms with Gasteiger partial charge < -0.3 is 10.4 Å². The van der Waals surface area contributed by atoms with Crippen LogP contribution in [0.3, 0.4) is 0 Å². The van der Waals surface area contributed by atoms with Crippen LogP contribution in [0.5, 0.6) is 0 Å². The van der Waals surface area contributed by atoms with E-state index in [0.29, 0.717) is 18.7 Å². The number of aromatic nitrogens is 1. The molecule has 1 aromatic rings. The lowest BCUT2D eigenvalue weighted by Gasteiger charge is -2.06. The van der Waals surface area contributed by atoms with Crippen molar-refractivity contribution in [1.29, 1.82) is 0 Å². The van der Waals surface area contributed by atoms with Gasteiger partial charge in [-0.15, -0.1) is 0 Å². The lowest BCUT2D eigenvalue weighted by atomic mass is 10.0. The van der Waals surface area contributed by atoms with Gasteiger partial charge in [0.05, 0.1) is 0 Å². The maximum absolute atomic E-state index is 12.0. The fraction of sp³-hybridized carbons (Fsp3) is 0.650. The van der Waals surface area contributed by atoms with Crippen molar-refractivity contribution in [2.45, 2.75) is 77.6 Å². The maximum atomic E-state index is 12.0. The third kappa shape index (κ3) is 10.5. The first-order valence-corrected chi connectivity index (χ1v) is 9.58. The van der Waals surface area contributed by atoms with Gasteiger partial charge >= 0.3 is 5.97 Å². The number of carbonyl (C=O) groups is 2. The van der Waals surface area contributed by atoms with E-state index in [0.717, 1.165) is 18.4 Å². The second-order valence-electron chi connectivity index (χ2n) is 6.53. The molecule has 1 rings (SSSR count). The Hall–Kier alpha value is -1.91. The Balaban J connectivity index is 2.23. The number of hydrogen-bond acceptors (Lipinski definition) is 3. The molecule has 0 aliphatic heterocycles. The minimum atomic E-state index is -0.847. The number of nitrogens with one attached hydrogen (secondary N) is 1. The number of carboxylic acid groups (broad SMARTS) is 1. The van der Waals surface area contributed by atoms with Crippen LogP contribution in [0.25, 0.3) is 0 Å². The van der Waals surface area contributed by atoms with Gasteiger partial charge in [0, 0.05) is 19.2 Å². The highest BCUT2D eigenvalue weighted by Gasteiger charge is 2.07. The zero-order valence-electron chi connectivity index (χ0n) is 15.4. The summed E-state index contributed by atoms with van der Waals surface area (Å²) in [5.74, 6) is -1.08. The molecule has 0 atom stereocenters. The number of amides is 1. The van der Waals surface area contributed by atoms with Crippen molar-refractivity contribution in [1.82, 2.24) is 10.3 Å². The first-order chi connectivity index (χ1) is 12.1. The molecule has 1 amide bonds. The number of unbranched alkanes of at least 4 members (excludes halogenated alkanes) is 7. The molecule has 1 aromatic heterocycles. The van der Waals surface area contributed by atoms with E-state index >= 15 is 0 Å². The van der Waals surface area contributed by atoms with E-state index in [1.807, 2.05) is 12.1 Å². The molecule has 0 aliphatic carbocycles. The van der Waals surface area contributed by atoms with Gasteiger partial charge in [-0.25, -0.2) is 0 Å². The quantitative estimate of drug-likeness (QED) is 0.490. The first kappa shape index (κ1) is 21.1. The molecule has 0 saturated carbocycles. The van der Waals surface area contributed by atoms with E-state index in [2.05, 4.69) is 17.2 Å². The molecule has 0 bridgehead atoms. The summed E-state index contributed by atoms with van der Waals surface area (Å²) >= 11 is 0. The Morgan fingerprint density at radius 1 is 1.04 bits per heavy atom. The molecule has 0 aliphatic rings. The van der Waals surface area contributed by atoms with Crippen molar-refractivity contribution >= 4 is 11.9 Å². The number of carbonyl (C=O) groups excluding carboxylic acids is 1. The molecular weight excluding hydrogens is 316 g/mol. The van der Waals surface area contributed by atoms with Crippen molar-refractivity contribution in [2.75, 3.05) is 6.54 Å². The van der Waals surface area contributed by atoms with Gasteiger partial charge in [-0.1, -0.05) is 51.9 Å². The maximum Gasteiger partial charge on any atom is 0.303 e. The van der Waals surface area contributed by atoms with Crippen LogP contribution in [0.4, 0.5) is 0 Å². The van der Waals surface area contributed by atoms with Crippen molar-refractivity contribution in [3.8, 4) is 0 Å². The van der Waals surface area contributed by atoms with Gasteiger partial charge in [0.15, 0.2) is 0 Å². The second-order valence-corrected chi connectivity index (χ2v) is 6.53. The first-order valence-electron chi connectivity index (χ1n) is 9.58. The monoisotopic (exact) mass is 348 g/mol. The van der Waals surface area contributed by atoms with E-state index in [4.69, 9.17) is 5.11 Å². The molecule has 0 fully saturated rings. The molecular formula is C20H32N2O3. The SMILES string of the molecule is CCCCCCCCCCc1ccnc(C(=O)NCCCC(=O)O)c1. The molecule has 1 heterocycles. The smallest absolute Gasteiger partial charge is 0.303 e. The lowest BCUT2D eigenvalue weighted by molar-refractivity contribution is -0.137. The van der Waals surface area contributed by atoms with E-state index in [-0.39, 0.29) is 12.3 Å². The Morgan fingerprint density at radius 3 is 2.40 bits per heavy atom. The van der Waals surface area contributed by atoms with Crippen LogP contribution in [0.1, 0.15) is 87.2 Å². The van der Waals surface area contributed by atoms with Gasteiger partial charge in [-0.05, 0) is 37.0 Å². The molecule has 0 saturated heterocycles. The number of nitrogens with zero attached hydrogens (tertiary/aromatic N) is 1. The summed E-state index contributed by atoms with van der Waals surface area (Å²) in [4.78, 5) is 26.6. The summed E-state index contributed by atoms with van der Waals surface area (Å²) in [7, 11) is 0. The van der Waals surface area contributed by atoms with Crippen LogP contribution >= 0.6 is 0 Å². The molecule has 5 heteroatoms. The predicted octanol–water partition coefficient (Wildman–Crippen LogP) is 4.36. The Bertz CT molecular complexity index is 517. The highest BCUT2D eigenvalue weighted by atomic mass is 16.4. The largest absolute Gasteiger partial charge is 0.481 e. The van der Waals surface area contributed by atoms with Gasteiger partial charge in [0.25, 0.3) is 5.91 Å². The molecule has 140 valence electrons. The van der Waals surface area contributed by atoms with Crippen LogP contribution in [-0.2, 0) is 11.2 Å². The number of rotatable bonds is 14. The van der Waals surface area contributed by atoms with Crippen LogP contribution in [0.15, 0.2) is 18.3 Å². The molecule has 25 heavy (non-hydrogen) atoms. The zero-order valence-corrected chi connectivity index (χ0v) is 15.4. The highest BCUT2D eigenvalue weighted by Crippen LogP contribution is 2.11. The van der Waals surface area contributed by atoms with E-state index in [1.165, 1.54) is 44.9 Å². The van der Waals surface area contributed by atoms with Crippen molar-refractivity contribution < 1.29 is 14.7 Å². The Labute approximate surface area is 151 Å². The minimum absolute atomic E-state index is 0.0617. The van der Waals surface area contributed by atoms with Gasteiger partial charge in [0.2, 0.25) is 0 Å². The van der Waals surface area contributed by atoms with Gasteiger partial charge in [-0.2, -0.15) is 0 Å². The summed E-state index contributed by atoms with van der Waals surface area (Å²) in [6.07, 6.45) is 13.4. The van der Waals surface area contributed by atoms with Crippen LogP contribution in [0, 0.1) is 0 Å². The summed E-state index contributed by atoms with van der Waals surface area (Å²) in [5.41, 5.74) is 1.55. The summed E-state index contributed by atoms with van der Waals surface area (Å²) in [6, 6.07) is 3.80. The Morgan fingerprint density at radius 2 is 1.72 bits per heavy atom. The zero-order chi connectivity index (χ0) is 18.3. The molecule has 0 unspecified atom stereocenters. The van der Waals surface area contributed by atoms with Crippen LogP contribution < -0.4 is 5.32 Å². The average molecular weight is 348 g/mol. The van der Waals surface area contributed by atoms with Crippen molar-refractivity contribution in [3.05, 3.63) is 29.6 Å². The molecule has 2 N–H and O–H groups in total. The highest BCUT2D eigenvalue weighted by molar-refractivity contribution is 5.92. The summed E-state index contributed by atoms with van der Waals surface area (Å²) < 4.78 is 0. The fourth-order valence-corrected chi connectivity index (χ4v) is 2.75. The second kappa shape index (κ2) is 13.4. The number of carboxylic acids is 1. The van der Waals surface area contributed by atoms with Gasteiger partial charge in [0.1, 0.15) is 5.69 Å². The summed E-state index contributed by atoms with van der Waals surface area (Å²) in [6.45, 7) is 2.59. The fourth-order valence-electron chi connectivity index (χ4n) is 2.75. The number of aryl methyl sites for hydroxylation is 1. The van der Waals surface area contributed by atoms with Crippen LogP contribution in [0.2, 0.25) is 0 Å². The van der Waals surface area contributed by atoms with E-state index < -0.39 is 5.97 Å². The number of aliphatic carboxylic acids is 1. The topological polar surface area (TPSA) is 79.3 Å². The van der Waals surface area contributed by atoms with E-state index in [9.17, 15) is 9.59 Å². The van der Waals surface area contributed by atoms with Crippen molar-refractivity contribution in [3.63, 3.8) is 0 Å². The third-order valence-electron chi connectivity index (χ3n) is 4.23. The number of hydrogen-bond donors (Lipinski definition) is 2. The average Bonchev–Trinajstić information content (AvgIpc) is 2.61. The Kier molecular flexibility index (Phi) is 11.3. The molecule has 0 radical (unpaired) electrons. The third-order valence-corrected chi connectivity index (χ3v) is 4.23. The molecule has 0 aromatic carbocycles. The normalized spacial score (nSPS) is 10.6. The molecule has 0 spiro atoms. The lowest BCUT2D eigenvalue weighted by Crippen LogP contribution is -2.25. The van der Waals surface area contributed by atoms with Crippen molar-refractivity contribution in [2.24, 2.45) is 0 Å². The van der Waals surface area contributed by atoms with E-state index in [1.54, 1.807) is 6.20 Å². The minimum Gasteiger partial charge on any atom is -0.481 e. The number of pyridine rings is 1.